The van der Waals surface area contributed by atoms with Gasteiger partial charge in [-0.2, -0.15) is 0 Å². The number of primary amides is 1. The molecule has 0 spiro atoms. The highest BCUT2D eigenvalue weighted by atomic mass is 19.1. The fraction of sp³-hybridized carbons (Fsp3) is 0.357. The van der Waals surface area contributed by atoms with Crippen LogP contribution in [0.2, 0.25) is 0 Å². The van der Waals surface area contributed by atoms with Crippen molar-refractivity contribution in [2.24, 2.45) is 5.73 Å². The summed E-state index contributed by atoms with van der Waals surface area (Å²) >= 11 is 0. The second kappa shape index (κ2) is 5.51. The van der Waals surface area contributed by atoms with E-state index in [-0.39, 0.29) is 0 Å². The molecule has 0 radical (unpaired) electrons. The normalized spacial score (nSPS) is 16.8. The van der Waals surface area contributed by atoms with E-state index in [1.807, 2.05) is 0 Å². The zero-order chi connectivity index (χ0) is 15.6. The molecule has 112 valence electrons. The van der Waals surface area contributed by atoms with Crippen molar-refractivity contribution >= 4 is 17.8 Å². The zero-order valence-electron chi connectivity index (χ0n) is 11.1. The van der Waals surface area contributed by atoms with Crippen molar-refractivity contribution in [1.29, 1.82) is 0 Å². The molecule has 0 heterocycles. The van der Waals surface area contributed by atoms with E-state index in [1.165, 1.54) is 24.3 Å². The second-order valence-electron chi connectivity index (χ2n) is 5.12. The van der Waals surface area contributed by atoms with Crippen LogP contribution >= 0.6 is 0 Å². The number of carbonyl (C=O) groups is 3. The maximum absolute atomic E-state index is 12.9. The number of aliphatic carboxylic acids is 1. The number of amides is 2. The third kappa shape index (κ3) is 3.18. The van der Waals surface area contributed by atoms with Gasteiger partial charge in [-0.1, -0.05) is 12.1 Å². The van der Waals surface area contributed by atoms with Crippen molar-refractivity contribution in [2.45, 2.75) is 30.7 Å². The third-order valence-electron chi connectivity index (χ3n) is 3.59. The Balaban J connectivity index is 2.13. The topological polar surface area (TPSA) is 109 Å². The number of rotatable bonds is 6. The van der Waals surface area contributed by atoms with Crippen molar-refractivity contribution in [3.05, 3.63) is 35.6 Å². The van der Waals surface area contributed by atoms with Crippen LogP contribution in [0.5, 0.6) is 0 Å². The van der Waals surface area contributed by atoms with Crippen LogP contribution in [0.25, 0.3) is 0 Å². The molecule has 7 heteroatoms. The quantitative estimate of drug-likeness (QED) is 0.701. The van der Waals surface area contributed by atoms with E-state index in [2.05, 4.69) is 5.32 Å². The second-order valence-corrected chi connectivity index (χ2v) is 5.12. The number of hydrogen-bond acceptors (Lipinski definition) is 3. The number of halogens is 1. The first kappa shape index (κ1) is 15.0. The first-order valence-electron chi connectivity index (χ1n) is 6.43. The SMILES string of the molecule is NC(=O)C[C@@H](NC(=O)C1(c2ccc(F)cc2)CC1)C(=O)O. The highest BCUT2D eigenvalue weighted by molar-refractivity contribution is 5.95. The zero-order valence-corrected chi connectivity index (χ0v) is 11.1. The Morgan fingerprint density at radius 3 is 2.29 bits per heavy atom. The summed E-state index contributed by atoms with van der Waals surface area (Å²) in [6.07, 6.45) is 0.626. The summed E-state index contributed by atoms with van der Waals surface area (Å²) < 4.78 is 12.9. The molecule has 1 aromatic carbocycles. The Bertz CT molecular complexity index is 581. The average molecular weight is 294 g/mol. The van der Waals surface area contributed by atoms with Crippen LogP contribution in [0.3, 0.4) is 0 Å². The number of carbonyl (C=O) groups excluding carboxylic acids is 2. The van der Waals surface area contributed by atoms with Crippen molar-refractivity contribution in [1.82, 2.24) is 5.32 Å². The first-order valence-corrected chi connectivity index (χ1v) is 6.43. The molecule has 0 bridgehead atoms. The van der Waals surface area contributed by atoms with E-state index < -0.39 is 41.5 Å². The molecule has 1 aliphatic rings. The van der Waals surface area contributed by atoms with Gasteiger partial charge in [-0.25, -0.2) is 9.18 Å². The van der Waals surface area contributed by atoms with Gasteiger partial charge in [0, 0.05) is 0 Å². The smallest absolute Gasteiger partial charge is 0.326 e. The van der Waals surface area contributed by atoms with Crippen molar-refractivity contribution < 1.29 is 23.9 Å². The van der Waals surface area contributed by atoms with Gasteiger partial charge >= 0.3 is 5.97 Å². The molecule has 2 rings (SSSR count). The number of carboxylic acids is 1. The molecule has 4 N–H and O–H groups in total. The standard InChI is InChI=1S/C14H15FN2O4/c15-9-3-1-8(2-4-9)14(5-6-14)13(21)17-10(12(19)20)7-11(16)18/h1-4,10H,5-7H2,(H2,16,18)(H,17,21)(H,19,20)/t10-/m1/s1. The van der Waals surface area contributed by atoms with Crippen molar-refractivity contribution in [2.75, 3.05) is 0 Å². The average Bonchev–Trinajstić information content (AvgIpc) is 3.19. The molecular weight excluding hydrogens is 279 g/mol. The van der Waals surface area contributed by atoms with Gasteiger partial charge in [0.1, 0.15) is 11.9 Å². The monoisotopic (exact) mass is 294 g/mol. The van der Waals surface area contributed by atoms with Crippen LogP contribution in [0.15, 0.2) is 24.3 Å². The molecule has 2 amide bonds. The lowest BCUT2D eigenvalue weighted by Gasteiger charge is -2.19. The highest BCUT2D eigenvalue weighted by Gasteiger charge is 2.52. The molecule has 1 fully saturated rings. The molecule has 6 nitrogen and oxygen atoms in total. The molecule has 21 heavy (non-hydrogen) atoms. The molecule has 0 aromatic heterocycles. The molecule has 1 aliphatic carbocycles. The maximum atomic E-state index is 12.9. The minimum atomic E-state index is -1.35. The Morgan fingerprint density at radius 1 is 1.29 bits per heavy atom. The van der Waals surface area contributed by atoms with Gasteiger partial charge in [0.25, 0.3) is 0 Å². The highest BCUT2D eigenvalue weighted by Crippen LogP contribution is 2.48. The van der Waals surface area contributed by atoms with Gasteiger partial charge in [0.05, 0.1) is 11.8 Å². The fourth-order valence-electron chi connectivity index (χ4n) is 2.24. The largest absolute Gasteiger partial charge is 0.480 e. The van der Waals surface area contributed by atoms with Crippen molar-refractivity contribution in [3.8, 4) is 0 Å². The molecule has 1 aromatic rings. The van der Waals surface area contributed by atoms with E-state index in [1.54, 1.807) is 0 Å². The van der Waals surface area contributed by atoms with Gasteiger partial charge in [-0.05, 0) is 30.5 Å². The third-order valence-corrected chi connectivity index (χ3v) is 3.59. The van der Waals surface area contributed by atoms with Crippen LogP contribution in [-0.2, 0) is 19.8 Å². The summed E-state index contributed by atoms with van der Waals surface area (Å²) in [6, 6.07) is 4.16. The van der Waals surface area contributed by atoms with Crippen molar-refractivity contribution in [3.63, 3.8) is 0 Å². The number of nitrogens with two attached hydrogens (primary N) is 1. The summed E-state index contributed by atoms with van der Waals surface area (Å²) in [5, 5.41) is 11.3. The summed E-state index contributed by atoms with van der Waals surface area (Å²) in [7, 11) is 0. The summed E-state index contributed by atoms with van der Waals surface area (Å²) in [5.74, 6) is -3.03. The summed E-state index contributed by atoms with van der Waals surface area (Å²) in [4.78, 5) is 34.1. The molecular formula is C14H15FN2O4. The Morgan fingerprint density at radius 2 is 1.86 bits per heavy atom. The fourth-order valence-corrected chi connectivity index (χ4v) is 2.24. The lowest BCUT2D eigenvalue weighted by Crippen LogP contribution is -2.47. The van der Waals surface area contributed by atoms with E-state index in [4.69, 9.17) is 10.8 Å². The predicted octanol–water partition coefficient (Wildman–Crippen LogP) is 0.302. The predicted molar refractivity (Wildman–Crippen MR) is 70.7 cm³/mol. The lowest BCUT2D eigenvalue weighted by atomic mass is 9.94. The number of benzene rings is 1. The van der Waals surface area contributed by atoms with E-state index in [0.29, 0.717) is 18.4 Å². The summed E-state index contributed by atoms with van der Waals surface area (Å²) in [6.45, 7) is 0. The molecule has 0 unspecified atom stereocenters. The van der Waals surface area contributed by atoms with Crippen LogP contribution in [0.1, 0.15) is 24.8 Å². The van der Waals surface area contributed by atoms with Crippen LogP contribution < -0.4 is 11.1 Å². The van der Waals surface area contributed by atoms with Crippen LogP contribution in [0, 0.1) is 5.82 Å². The van der Waals surface area contributed by atoms with Gasteiger partial charge in [-0.15, -0.1) is 0 Å². The number of carboxylic acid groups (broad SMARTS) is 1. The Hall–Kier alpha value is -2.44. The molecule has 0 saturated heterocycles. The van der Waals surface area contributed by atoms with Gasteiger partial charge in [0.2, 0.25) is 11.8 Å². The number of hydrogen-bond donors (Lipinski definition) is 3. The minimum Gasteiger partial charge on any atom is -0.480 e. The van der Waals surface area contributed by atoms with Gasteiger partial charge < -0.3 is 16.2 Å². The molecule has 1 atom stereocenters. The summed E-state index contributed by atoms with van der Waals surface area (Å²) in [5.41, 5.74) is 4.76. The van der Waals surface area contributed by atoms with Gasteiger partial charge in [0.15, 0.2) is 0 Å². The molecule has 1 saturated carbocycles. The lowest BCUT2D eigenvalue weighted by molar-refractivity contribution is -0.143. The van der Waals surface area contributed by atoms with Gasteiger partial charge in [-0.3, -0.25) is 9.59 Å². The van der Waals surface area contributed by atoms with Crippen LogP contribution in [0.4, 0.5) is 4.39 Å². The number of nitrogens with one attached hydrogen (secondary N) is 1. The first-order chi connectivity index (χ1) is 9.85. The minimum absolute atomic E-state index is 0.410. The Labute approximate surface area is 120 Å². The van der Waals surface area contributed by atoms with Crippen LogP contribution in [-0.4, -0.2) is 28.9 Å². The Kier molecular flexibility index (Phi) is 3.93. The molecule has 0 aliphatic heterocycles. The maximum Gasteiger partial charge on any atom is 0.326 e. The van der Waals surface area contributed by atoms with E-state index in [9.17, 15) is 18.8 Å². The van der Waals surface area contributed by atoms with E-state index in [0.717, 1.165) is 0 Å². The van der Waals surface area contributed by atoms with E-state index >= 15 is 0 Å².